The molecule has 0 unspecified atom stereocenters. The van der Waals surface area contributed by atoms with E-state index in [4.69, 9.17) is 5.26 Å². The largest absolute Gasteiger partial charge is 0.274 e. The van der Waals surface area contributed by atoms with Gasteiger partial charge < -0.3 is 0 Å². The molecule has 5 heteroatoms. The molecule has 0 aliphatic carbocycles. The molecule has 1 aliphatic rings. The van der Waals surface area contributed by atoms with E-state index in [1.807, 2.05) is 6.07 Å². The van der Waals surface area contributed by atoms with Crippen LogP contribution in [0.1, 0.15) is 40.0 Å². The smallest absolute Gasteiger partial charge is 0.261 e. The summed E-state index contributed by atoms with van der Waals surface area (Å²) in [4.78, 5) is 25.3. The van der Waals surface area contributed by atoms with Gasteiger partial charge in [0.1, 0.15) is 0 Å². The van der Waals surface area contributed by atoms with Crippen molar-refractivity contribution in [1.82, 2.24) is 4.90 Å². The van der Waals surface area contributed by atoms with E-state index in [1.165, 1.54) is 4.90 Å². The van der Waals surface area contributed by atoms with Crippen molar-refractivity contribution in [2.24, 2.45) is 0 Å². The van der Waals surface area contributed by atoms with Crippen LogP contribution in [0.25, 0.3) is 0 Å². The van der Waals surface area contributed by atoms with Gasteiger partial charge in [0, 0.05) is 17.4 Å². The highest BCUT2D eigenvalue weighted by Gasteiger charge is 2.34. The van der Waals surface area contributed by atoms with Crippen molar-refractivity contribution in [1.29, 1.82) is 5.26 Å². The van der Waals surface area contributed by atoms with Gasteiger partial charge in [0.05, 0.1) is 17.2 Å². The number of nitrogens with zero attached hydrogens (tertiary/aromatic N) is 2. The summed E-state index contributed by atoms with van der Waals surface area (Å²) in [5.41, 5.74) is 0.915. The summed E-state index contributed by atoms with van der Waals surface area (Å²) in [6, 6.07) is 7.13. The van der Waals surface area contributed by atoms with Crippen molar-refractivity contribution in [3.8, 4) is 6.07 Å². The molecule has 0 saturated carbocycles. The molecule has 0 radical (unpaired) electrons. The Morgan fingerprint density at radius 1 is 1.17 bits per heavy atom. The van der Waals surface area contributed by atoms with E-state index in [-0.39, 0.29) is 11.8 Å². The van der Waals surface area contributed by atoms with Gasteiger partial charge in [-0.3, -0.25) is 14.5 Å². The van der Waals surface area contributed by atoms with Gasteiger partial charge in [-0.25, -0.2) is 0 Å². The van der Waals surface area contributed by atoms with Crippen LogP contribution in [0.5, 0.6) is 0 Å². The molecule has 0 bridgehead atoms. The van der Waals surface area contributed by atoms with E-state index >= 15 is 0 Å². The lowest BCUT2D eigenvalue weighted by Gasteiger charge is -2.12. The minimum atomic E-state index is -0.242. The van der Waals surface area contributed by atoms with E-state index < -0.39 is 0 Å². The lowest BCUT2D eigenvalue weighted by molar-refractivity contribution is 0.0652. The number of rotatable bonds is 4. The van der Waals surface area contributed by atoms with Crippen LogP contribution in [-0.4, -0.2) is 23.3 Å². The molecule has 1 aromatic carbocycles. The summed E-state index contributed by atoms with van der Waals surface area (Å²) in [5, 5.41) is 8.43. The maximum absolute atomic E-state index is 12.0. The Morgan fingerprint density at radius 2 is 1.89 bits per heavy atom. The Bertz CT molecular complexity index is 548. The number of hydrogen-bond acceptors (Lipinski definition) is 3. The number of halogens is 1. The van der Waals surface area contributed by atoms with Gasteiger partial charge in [0.25, 0.3) is 11.8 Å². The molecular weight excluding hydrogens is 296 g/mol. The topological polar surface area (TPSA) is 61.2 Å². The van der Waals surface area contributed by atoms with Gasteiger partial charge in [0.2, 0.25) is 0 Å². The average Bonchev–Trinajstić information content (AvgIpc) is 2.59. The van der Waals surface area contributed by atoms with Crippen LogP contribution in [0.3, 0.4) is 0 Å². The number of hydrogen-bond donors (Lipinski definition) is 0. The van der Waals surface area contributed by atoms with Crippen LogP contribution in [-0.2, 0) is 0 Å². The zero-order valence-corrected chi connectivity index (χ0v) is 11.2. The summed E-state index contributed by atoms with van der Waals surface area (Å²) in [6.45, 7) is 0.381. The first kappa shape index (κ1) is 12.8. The first-order valence-corrected chi connectivity index (χ1v) is 6.47. The zero-order valence-electron chi connectivity index (χ0n) is 9.65. The molecule has 0 atom stereocenters. The number of benzene rings is 1. The predicted octanol–water partition coefficient (Wildman–Crippen LogP) is 2.74. The van der Waals surface area contributed by atoms with Gasteiger partial charge in [0.15, 0.2) is 0 Å². The zero-order chi connectivity index (χ0) is 13.1. The third-order valence-corrected chi connectivity index (χ3v) is 3.35. The molecular formula is C13H11BrN2O2. The Balaban J connectivity index is 2.11. The Kier molecular flexibility index (Phi) is 3.78. The molecule has 1 aromatic rings. The van der Waals surface area contributed by atoms with E-state index in [0.717, 1.165) is 4.47 Å². The van der Waals surface area contributed by atoms with Crippen LogP contribution in [0.15, 0.2) is 22.7 Å². The summed E-state index contributed by atoms with van der Waals surface area (Å²) in [7, 11) is 0. The van der Waals surface area contributed by atoms with Crippen LogP contribution in [0.2, 0.25) is 0 Å². The quantitative estimate of drug-likeness (QED) is 0.635. The molecule has 0 spiro atoms. The van der Waals surface area contributed by atoms with Gasteiger partial charge in [-0.2, -0.15) is 5.26 Å². The van der Waals surface area contributed by atoms with Gasteiger partial charge in [-0.05, 0) is 31.0 Å². The number of imide groups is 1. The first-order valence-electron chi connectivity index (χ1n) is 5.68. The number of amides is 2. The van der Waals surface area contributed by atoms with E-state index in [0.29, 0.717) is 36.9 Å². The number of nitriles is 1. The fraction of sp³-hybridized carbons (Fsp3) is 0.308. The SMILES string of the molecule is N#CCCCCN1C(=O)c2ccc(Br)cc2C1=O. The average molecular weight is 307 g/mol. The van der Waals surface area contributed by atoms with Crippen LogP contribution < -0.4 is 0 Å². The molecule has 0 saturated heterocycles. The second-order valence-electron chi connectivity index (χ2n) is 4.07. The third-order valence-electron chi connectivity index (χ3n) is 2.85. The molecule has 0 aromatic heterocycles. The maximum atomic E-state index is 12.0. The summed E-state index contributed by atoms with van der Waals surface area (Å²) in [6.07, 6.45) is 1.82. The molecule has 0 N–H and O–H groups in total. The number of unbranched alkanes of at least 4 members (excludes halogenated alkanes) is 2. The van der Waals surface area contributed by atoms with Crippen molar-refractivity contribution in [3.63, 3.8) is 0 Å². The summed E-state index contributed by atoms with van der Waals surface area (Å²) < 4.78 is 0.786. The Hall–Kier alpha value is -1.67. The lowest BCUT2D eigenvalue weighted by Crippen LogP contribution is -2.30. The maximum Gasteiger partial charge on any atom is 0.261 e. The minimum absolute atomic E-state index is 0.237. The van der Waals surface area contributed by atoms with Crippen molar-refractivity contribution in [2.75, 3.05) is 6.54 Å². The van der Waals surface area contributed by atoms with Crippen molar-refractivity contribution in [2.45, 2.75) is 19.3 Å². The van der Waals surface area contributed by atoms with Gasteiger partial charge in [-0.15, -0.1) is 0 Å². The molecule has 1 heterocycles. The molecule has 2 rings (SSSR count). The predicted molar refractivity (Wildman–Crippen MR) is 69.0 cm³/mol. The van der Waals surface area contributed by atoms with Crippen LogP contribution in [0, 0.1) is 11.3 Å². The molecule has 1 aliphatic heterocycles. The number of carbonyl (C=O) groups excluding carboxylic acids is 2. The fourth-order valence-electron chi connectivity index (χ4n) is 1.94. The Morgan fingerprint density at radius 3 is 2.61 bits per heavy atom. The molecule has 0 fully saturated rings. The van der Waals surface area contributed by atoms with E-state index in [1.54, 1.807) is 18.2 Å². The number of fused-ring (bicyclic) bond motifs is 1. The Labute approximate surface area is 113 Å². The second kappa shape index (κ2) is 5.32. The molecule has 4 nitrogen and oxygen atoms in total. The van der Waals surface area contributed by atoms with Crippen molar-refractivity contribution >= 4 is 27.7 Å². The fourth-order valence-corrected chi connectivity index (χ4v) is 2.30. The molecule has 92 valence electrons. The van der Waals surface area contributed by atoms with Crippen molar-refractivity contribution < 1.29 is 9.59 Å². The molecule has 18 heavy (non-hydrogen) atoms. The third kappa shape index (κ3) is 2.29. The van der Waals surface area contributed by atoms with Gasteiger partial charge >= 0.3 is 0 Å². The second-order valence-corrected chi connectivity index (χ2v) is 4.98. The summed E-state index contributed by atoms with van der Waals surface area (Å²) >= 11 is 3.29. The minimum Gasteiger partial charge on any atom is -0.274 e. The first-order chi connectivity index (χ1) is 8.65. The summed E-state index contributed by atoms with van der Waals surface area (Å²) in [5.74, 6) is -0.479. The van der Waals surface area contributed by atoms with Crippen LogP contribution in [0.4, 0.5) is 0 Å². The molecule has 2 amide bonds. The highest BCUT2D eigenvalue weighted by Crippen LogP contribution is 2.26. The van der Waals surface area contributed by atoms with Crippen LogP contribution >= 0.6 is 15.9 Å². The highest BCUT2D eigenvalue weighted by molar-refractivity contribution is 9.10. The van der Waals surface area contributed by atoms with E-state index in [9.17, 15) is 9.59 Å². The highest BCUT2D eigenvalue weighted by atomic mass is 79.9. The van der Waals surface area contributed by atoms with Gasteiger partial charge in [-0.1, -0.05) is 15.9 Å². The standard InChI is InChI=1S/C13H11BrN2O2/c14-9-4-5-10-11(8-9)13(18)16(12(10)17)7-3-1-2-6-15/h4-5,8H,1-3,7H2. The van der Waals surface area contributed by atoms with Crippen molar-refractivity contribution in [3.05, 3.63) is 33.8 Å². The normalized spacial score (nSPS) is 13.7. The monoisotopic (exact) mass is 306 g/mol. The number of carbonyl (C=O) groups is 2. The lowest BCUT2D eigenvalue weighted by atomic mass is 10.1. The van der Waals surface area contributed by atoms with E-state index in [2.05, 4.69) is 15.9 Å².